The summed E-state index contributed by atoms with van der Waals surface area (Å²) in [7, 11) is 1.64. The molecule has 0 radical (unpaired) electrons. The Labute approximate surface area is 292 Å². The predicted molar refractivity (Wildman–Crippen MR) is 196 cm³/mol. The summed E-state index contributed by atoms with van der Waals surface area (Å²) in [6.07, 6.45) is 10.4. The maximum Gasteiger partial charge on any atom is 0.237 e. The summed E-state index contributed by atoms with van der Waals surface area (Å²) in [6, 6.07) is 10.9. The Hall–Kier alpha value is -5.30. The average Bonchev–Trinajstić information content (AvgIpc) is 3.68. The molecule has 5 N–H and O–H groups in total. The molecule has 1 unspecified atom stereocenters. The molecule has 260 valence electrons. The van der Waals surface area contributed by atoms with E-state index in [-0.39, 0.29) is 35.7 Å². The number of aliphatic imine (C=N–C) groups is 2. The number of carbonyl (C=O) groups excluding carboxylic acids is 2. The highest BCUT2D eigenvalue weighted by atomic mass is 16.3. The fraction of sp³-hybridized carbons (Fsp3) is 0.405. The largest absolute Gasteiger partial charge is 0.397 e. The van der Waals surface area contributed by atoms with Crippen LogP contribution in [0.15, 0.2) is 76.4 Å². The van der Waals surface area contributed by atoms with Gasteiger partial charge in [0.05, 0.1) is 23.4 Å². The topological polar surface area (TPSA) is 177 Å². The minimum atomic E-state index is -0.577. The first-order valence-electron chi connectivity index (χ1n) is 17.1. The molecule has 1 aromatic carbocycles. The van der Waals surface area contributed by atoms with E-state index < -0.39 is 11.5 Å². The van der Waals surface area contributed by atoms with Crippen molar-refractivity contribution in [1.82, 2.24) is 14.8 Å². The van der Waals surface area contributed by atoms with Gasteiger partial charge < -0.3 is 16.4 Å². The Kier molecular flexibility index (Phi) is 9.87. The molecule has 13 nitrogen and oxygen atoms in total. The Morgan fingerprint density at radius 2 is 1.92 bits per heavy atom. The van der Waals surface area contributed by atoms with Gasteiger partial charge in [0.1, 0.15) is 23.7 Å². The van der Waals surface area contributed by atoms with Gasteiger partial charge in [-0.05, 0) is 55.2 Å². The number of nitrogen functional groups attached to an aromatic ring is 1. The number of pyridine rings is 1. The zero-order valence-electron chi connectivity index (χ0n) is 28.9. The minimum absolute atomic E-state index is 0.0102. The summed E-state index contributed by atoms with van der Waals surface area (Å²) in [5, 5.41) is 8.87. The standard InChI is InChI=1S/C37H45N10O3/c1-24(2)30-20-28(12-17-47(30)50)33(39)34-29(38)8-9-31(43-34)46-19-14-37(36(46)49)13-18-44(22-37)21-32(48)45-15-10-26(11-16-45)25-4-6-27(7-5-25)35(40)42-23-41-3/h4-10,12,17,20,23-24,30,39H,11,13-16,18-19,21-22,38H2,1-3H3,(H2,40,41,42)/q+1/t30?,37-/m0/s1. The third kappa shape index (κ3) is 6.90. The van der Waals surface area contributed by atoms with Crippen molar-refractivity contribution < 1.29 is 14.3 Å². The first kappa shape index (κ1) is 34.6. The van der Waals surface area contributed by atoms with Crippen molar-refractivity contribution in [3.63, 3.8) is 0 Å². The predicted octanol–water partition coefficient (Wildman–Crippen LogP) is 3.40. The maximum atomic E-state index is 13.9. The van der Waals surface area contributed by atoms with Gasteiger partial charge in [-0.15, -0.1) is 0 Å². The molecule has 0 bridgehead atoms. The Morgan fingerprint density at radius 3 is 2.62 bits per heavy atom. The summed E-state index contributed by atoms with van der Waals surface area (Å²) < 4.78 is 0.885. The number of allylic oxidation sites excluding steroid dienone is 2. The molecular formula is C37H45N10O3+. The van der Waals surface area contributed by atoms with E-state index in [4.69, 9.17) is 21.9 Å². The van der Waals surface area contributed by atoms with Crippen LogP contribution in [0.3, 0.4) is 0 Å². The average molecular weight is 678 g/mol. The second kappa shape index (κ2) is 14.3. The number of hydrogen-bond acceptors (Lipinski definition) is 8. The Bertz CT molecular complexity index is 1860. The number of amidine groups is 1. The van der Waals surface area contributed by atoms with Gasteiger partial charge in [0.15, 0.2) is 0 Å². The van der Waals surface area contributed by atoms with E-state index in [1.807, 2.05) is 43.0 Å². The van der Waals surface area contributed by atoms with Crippen LogP contribution in [0, 0.1) is 21.6 Å². The molecule has 2 aromatic rings. The molecular weight excluding hydrogens is 632 g/mol. The van der Waals surface area contributed by atoms with Crippen molar-refractivity contribution in [2.45, 2.75) is 39.2 Å². The number of benzene rings is 1. The summed E-state index contributed by atoms with van der Waals surface area (Å²) in [5.41, 5.74) is 16.1. The number of nitrogens with zero attached hydrogens (tertiary/aromatic N) is 7. The quantitative estimate of drug-likeness (QED) is 0.207. The number of aromatic nitrogens is 1. The first-order chi connectivity index (χ1) is 24.0. The van der Waals surface area contributed by atoms with Crippen molar-refractivity contribution >= 4 is 46.8 Å². The van der Waals surface area contributed by atoms with Crippen LogP contribution in [0.4, 0.5) is 11.5 Å². The Balaban J connectivity index is 1.06. The van der Waals surface area contributed by atoms with E-state index in [1.165, 1.54) is 18.1 Å². The second-order valence-electron chi connectivity index (χ2n) is 13.7. The van der Waals surface area contributed by atoms with Gasteiger partial charge in [0, 0.05) is 66.0 Å². The molecule has 1 aromatic heterocycles. The summed E-state index contributed by atoms with van der Waals surface area (Å²) in [6.45, 7) is 7.04. The SMILES string of the molecule is CN=CN=C(N)c1ccc(C2=CCN(C(=O)CN3CC[C@]4(CCN(c5ccc(N)c(C(=N)C6=CC(C(C)C)[N+](=O)C=C6)n5)C4=O)C3)CC2)cc1. The summed E-state index contributed by atoms with van der Waals surface area (Å²) >= 11 is 0. The van der Waals surface area contributed by atoms with E-state index in [0.29, 0.717) is 68.5 Å². The van der Waals surface area contributed by atoms with Gasteiger partial charge >= 0.3 is 0 Å². The molecule has 2 fully saturated rings. The molecule has 1 spiro atoms. The monoisotopic (exact) mass is 677 g/mol. The number of nitroso groups, excluding NO2 is 1. The molecule has 13 heteroatoms. The molecule has 6 rings (SSSR count). The number of nitrogens with two attached hydrogens (primary N) is 2. The van der Waals surface area contributed by atoms with Gasteiger partial charge in [0.25, 0.3) is 0 Å². The highest BCUT2D eigenvalue weighted by molar-refractivity contribution is 6.14. The van der Waals surface area contributed by atoms with Crippen molar-refractivity contribution in [3.8, 4) is 0 Å². The maximum absolute atomic E-state index is 13.9. The lowest BCUT2D eigenvalue weighted by Crippen LogP contribution is -2.43. The van der Waals surface area contributed by atoms with E-state index >= 15 is 0 Å². The van der Waals surface area contributed by atoms with E-state index in [2.05, 4.69) is 21.0 Å². The van der Waals surface area contributed by atoms with E-state index in [1.54, 1.807) is 36.2 Å². The van der Waals surface area contributed by atoms with Crippen molar-refractivity contribution in [3.05, 3.63) is 88.1 Å². The van der Waals surface area contributed by atoms with Crippen LogP contribution in [-0.4, -0.2) is 102 Å². The third-order valence-electron chi connectivity index (χ3n) is 10.2. The number of amides is 2. The van der Waals surface area contributed by atoms with Gasteiger partial charge in [0.2, 0.25) is 24.1 Å². The zero-order valence-corrected chi connectivity index (χ0v) is 28.9. The van der Waals surface area contributed by atoms with E-state index in [9.17, 15) is 14.5 Å². The molecule has 0 saturated carbocycles. The molecule has 50 heavy (non-hydrogen) atoms. The minimum Gasteiger partial charge on any atom is -0.397 e. The summed E-state index contributed by atoms with van der Waals surface area (Å²) in [5.74, 6) is 0.971. The normalized spacial score (nSPS) is 23.0. The lowest BCUT2D eigenvalue weighted by atomic mass is 9.85. The van der Waals surface area contributed by atoms with Crippen LogP contribution < -0.4 is 16.4 Å². The zero-order chi connectivity index (χ0) is 35.6. The van der Waals surface area contributed by atoms with Crippen LogP contribution in [-0.2, 0) is 9.59 Å². The number of likely N-dealkylation sites (tertiary alicyclic amines) is 1. The van der Waals surface area contributed by atoms with Crippen molar-refractivity contribution in [2.75, 3.05) is 56.9 Å². The molecule has 4 aliphatic heterocycles. The first-order valence-corrected chi connectivity index (χ1v) is 17.1. The van der Waals surface area contributed by atoms with Crippen LogP contribution in [0.1, 0.15) is 49.9 Å². The van der Waals surface area contributed by atoms with E-state index in [0.717, 1.165) is 22.3 Å². The fourth-order valence-electron chi connectivity index (χ4n) is 7.18. The smallest absolute Gasteiger partial charge is 0.237 e. The number of nitrogens with one attached hydrogen (secondary N) is 1. The van der Waals surface area contributed by atoms with Crippen LogP contribution in [0.5, 0.6) is 0 Å². The fourth-order valence-corrected chi connectivity index (χ4v) is 7.18. The van der Waals surface area contributed by atoms with Crippen molar-refractivity contribution in [2.24, 2.45) is 27.1 Å². The van der Waals surface area contributed by atoms with Gasteiger partial charge in [-0.25, -0.2) is 9.98 Å². The number of anilines is 2. The second-order valence-corrected chi connectivity index (χ2v) is 13.7. The number of carbonyl (C=O) groups is 2. The van der Waals surface area contributed by atoms with Gasteiger partial charge in [-0.1, -0.05) is 44.2 Å². The lowest BCUT2D eigenvalue weighted by Gasteiger charge is -2.29. The number of hydrogen-bond donors (Lipinski definition) is 3. The lowest BCUT2D eigenvalue weighted by molar-refractivity contribution is -0.517. The van der Waals surface area contributed by atoms with Crippen LogP contribution in [0.25, 0.3) is 5.57 Å². The molecule has 2 saturated heterocycles. The molecule has 2 amide bonds. The third-order valence-corrected chi connectivity index (χ3v) is 10.2. The van der Waals surface area contributed by atoms with Gasteiger partial charge in [-0.3, -0.25) is 29.8 Å². The molecule has 5 heterocycles. The van der Waals surface area contributed by atoms with Crippen LogP contribution in [0.2, 0.25) is 0 Å². The molecule has 0 aliphatic carbocycles. The number of rotatable bonds is 9. The van der Waals surface area contributed by atoms with Gasteiger partial charge in [-0.2, -0.15) is 0 Å². The summed E-state index contributed by atoms with van der Waals surface area (Å²) in [4.78, 5) is 57.9. The highest BCUT2D eigenvalue weighted by Crippen LogP contribution is 2.42. The molecule has 2 atom stereocenters. The highest BCUT2D eigenvalue weighted by Gasteiger charge is 2.51. The molecule has 4 aliphatic rings. The Morgan fingerprint density at radius 1 is 1.16 bits per heavy atom. The van der Waals surface area contributed by atoms with Crippen molar-refractivity contribution in [1.29, 1.82) is 5.41 Å². The van der Waals surface area contributed by atoms with Crippen LogP contribution >= 0.6 is 0 Å².